The van der Waals surface area contributed by atoms with Gasteiger partial charge in [0.1, 0.15) is 5.75 Å². The van der Waals surface area contributed by atoms with E-state index >= 15 is 0 Å². The molecule has 1 N–H and O–H groups in total. The average molecular weight is 414 g/mol. The van der Waals surface area contributed by atoms with E-state index in [4.69, 9.17) is 9.84 Å². The van der Waals surface area contributed by atoms with Gasteiger partial charge in [-0.15, -0.1) is 0 Å². The summed E-state index contributed by atoms with van der Waals surface area (Å²) in [6.45, 7) is 1.57. The molecule has 5 nitrogen and oxygen atoms in total. The van der Waals surface area contributed by atoms with Crippen molar-refractivity contribution in [3.8, 4) is 5.75 Å². The average Bonchev–Trinajstić information content (AvgIpc) is 2.40. The molecule has 0 fully saturated rings. The van der Waals surface area contributed by atoms with Crippen molar-refractivity contribution < 1.29 is 33.0 Å². The lowest BCUT2D eigenvalue weighted by molar-refractivity contribution is -0.183. The summed E-state index contributed by atoms with van der Waals surface area (Å²) in [5, 5.41) is 8.49. The number of carboxylic acid groups (broad SMARTS) is 1. The highest BCUT2D eigenvalue weighted by Gasteiger charge is 2.50. The van der Waals surface area contributed by atoms with Gasteiger partial charge >= 0.3 is 18.0 Å². The molecule has 1 unspecified atom stereocenters. The first-order chi connectivity index (χ1) is 9.77. The van der Waals surface area contributed by atoms with Gasteiger partial charge in [-0.05, 0) is 53.3 Å². The third kappa shape index (κ3) is 5.10. The first-order valence-electron chi connectivity index (χ1n) is 6.02. The summed E-state index contributed by atoms with van der Waals surface area (Å²) < 4.78 is 36.9. The van der Waals surface area contributed by atoms with E-state index in [9.17, 15) is 18.4 Å². The third-order valence-corrected chi connectivity index (χ3v) is 3.21. The second-order valence-electron chi connectivity index (χ2n) is 4.13. The van der Waals surface area contributed by atoms with Gasteiger partial charge in [0.05, 0.1) is 0 Å². The predicted molar refractivity (Wildman–Crippen MR) is 77.5 cm³/mol. The lowest BCUT2D eigenvalue weighted by Gasteiger charge is -2.22. The number of rotatable bonds is 6. The maximum atomic E-state index is 13.4. The summed E-state index contributed by atoms with van der Waals surface area (Å²) in [5.41, 5.74) is 0. The van der Waals surface area contributed by atoms with E-state index in [-0.39, 0.29) is 18.6 Å². The van der Waals surface area contributed by atoms with Crippen LogP contribution < -0.4 is 4.74 Å². The van der Waals surface area contributed by atoms with Gasteiger partial charge in [-0.2, -0.15) is 8.78 Å². The fraction of sp³-hybridized carbons (Fsp3) is 0.385. The SMILES string of the molecule is CCCC(OC(=O)Oc1ccc(I)cc1)C(F)(F)C(=O)O. The van der Waals surface area contributed by atoms with Gasteiger partial charge in [-0.1, -0.05) is 13.3 Å². The fourth-order valence-electron chi connectivity index (χ4n) is 1.45. The molecule has 0 spiro atoms. The van der Waals surface area contributed by atoms with E-state index < -0.39 is 24.2 Å². The maximum Gasteiger partial charge on any atom is 0.514 e. The Labute approximate surface area is 133 Å². The molecule has 8 heteroatoms. The van der Waals surface area contributed by atoms with Crippen LogP contribution >= 0.6 is 22.6 Å². The topological polar surface area (TPSA) is 72.8 Å². The molecule has 0 amide bonds. The second-order valence-corrected chi connectivity index (χ2v) is 5.37. The summed E-state index contributed by atoms with van der Waals surface area (Å²) in [6, 6.07) is 6.23. The van der Waals surface area contributed by atoms with Crippen LogP contribution in [0.25, 0.3) is 0 Å². The van der Waals surface area contributed by atoms with Gasteiger partial charge in [0.2, 0.25) is 0 Å². The Morgan fingerprint density at radius 3 is 2.38 bits per heavy atom. The van der Waals surface area contributed by atoms with Gasteiger partial charge in [-0.25, -0.2) is 9.59 Å². The van der Waals surface area contributed by atoms with E-state index in [1.807, 2.05) is 22.6 Å². The normalized spacial score (nSPS) is 12.6. The molecule has 0 bridgehead atoms. The highest BCUT2D eigenvalue weighted by molar-refractivity contribution is 14.1. The number of carbonyl (C=O) groups excluding carboxylic acids is 1. The molecule has 0 aromatic heterocycles. The van der Waals surface area contributed by atoms with Crippen LogP contribution in [-0.4, -0.2) is 29.3 Å². The van der Waals surface area contributed by atoms with E-state index in [0.717, 1.165) is 3.57 Å². The summed E-state index contributed by atoms with van der Waals surface area (Å²) in [6.07, 6.45) is -3.50. The first kappa shape index (κ1) is 17.6. The molecule has 0 aliphatic rings. The molecule has 0 aliphatic heterocycles. The summed E-state index contributed by atoms with van der Waals surface area (Å²) >= 11 is 2.04. The minimum absolute atomic E-state index is 0.120. The molecule has 1 aromatic carbocycles. The van der Waals surface area contributed by atoms with Gasteiger partial charge in [0, 0.05) is 3.57 Å². The molecule has 116 valence electrons. The molecular formula is C13H13F2IO5. The van der Waals surface area contributed by atoms with Crippen molar-refractivity contribution in [2.24, 2.45) is 0 Å². The lowest BCUT2D eigenvalue weighted by Crippen LogP contribution is -2.44. The number of ether oxygens (including phenoxy) is 2. The van der Waals surface area contributed by atoms with Crippen LogP contribution in [0.15, 0.2) is 24.3 Å². The van der Waals surface area contributed by atoms with E-state index in [1.165, 1.54) is 12.1 Å². The van der Waals surface area contributed by atoms with Crippen molar-refractivity contribution in [2.45, 2.75) is 31.8 Å². The van der Waals surface area contributed by atoms with Crippen molar-refractivity contribution in [2.75, 3.05) is 0 Å². The number of halogens is 3. The van der Waals surface area contributed by atoms with Gasteiger partial charge < -0.3 is 14.6 Å². The maximum absolute atomic E-state index is 13.4. The van der Waals surface area contributed by atoms with Gasteiger partial charge in [0.15, 0.2) is 6.10 Å². The van der Waals surface area contributed by atoms with Crippen molar-refractivity contribution in [1.82, 2.24) is 0 Å². The highest BCUT2D eigenvalue weighted by Crippen LogP contribution is 2.26. The molecular weight excluding hydrogens is 401 g/mol. The van der Waals surface area contributed by atoms with E-state index in [2.05, 4.69) is 4.74 Å². The number of carbonyl (C=O) groups is 2. The molecule has 0 aliphatic carbocycles. The van der Waals surface area contributed by atoms with Crippen LogP contribution in [0.1, 0.15) is 19.8 Å². The predicted octanol–water partition coefficient (Wildman–Crippen LogP) is 3.70. The van der Waals surface area contributed by atoms with Crippen LogP contribution in [0.5, 0.6) is 5.75 Å². The quantitative estimate of drug-likeness (QED) is 0.437. The Kier molecular flexibility index (Phi) is 6.31. The molecule has 0 saturated carbocycles. The fourth-order valence-corrected chi connectivity index (χ4v) is 1.81. The molecule has 0 saturated heterocycles. The largest absolute Gasteiger partial charge is 0.514 e. The smallest absolute Gasteiger partial charge is 0.477 e. The highest BCUT2D eigenvalue weighted by atomic mass is 127. The summed E-state index contributed by atoms with van der Waals surface area (Å²) in [5.74, 6) is -6.39. The summed E-state index contributed by atoms with van der Waals surface area (Å²) in [4.78, 5) is 22.0. The zero-order valence-electron chi connectivity index (χ0n) is 11.0. The van der Waals surface area contributed by atoms with Crippen LogP contribution in [0.4, 0.5) is 13.6 Å². The van der Waals surface area contributed by atoms with Crippen molar-refractivity contribution in [3.63, 3.8) is 0 Å². The third-order valence-electron chi connectivity index (χ3n) is 2.49. The zero-order valence-corrected chi connectivity index (χ0v) is 13.2. The number of hydrogen-bond acceptors (Lipinski definition) is 4. The Hall–Kier alpha value is -1.45. The lowest BCUT2D eigenvalue weighted by atomic mass is 10.1. The minimum atomic E-state index is -4.17. The van der Waals surface area contributed by atoms with E-state index in [0.29, 0.717) is 0 Å². The Morgan fingerprint density at radius 1 is 1.33 bits per heavy atom. The molecule has 1 atom stereocenters. The first-order valence-corrected chi connectivity index (χ1v) is 7.10. The Morgan fingerprint density at radius 2 is 1.90 bits per heavy atom. The zero-order chi connectivity index (χ0) is 16.0. The van der Waals surface area contributed by atoms with Gasteiger partial charge in [0.25, 0.3) is 0 Å². The number of hydrogen-bond donors (Lipinski definition) is 1. The van der Waals surface area contributed by atoms with Crippen LogP contribution in [0.3, 0.4) is 0 Å². The number of carboxylic acids is 1. The molecule has 0 radical (unpaired) electrons. The van der Waals surface area contributed by atoms with Crippen LogP contribution in [0.2, 0.25) is 0 Å². The minimum Gasteiger partial charge on any atom is -0.477 e. The monoisotopic (exact) mass is 414 g/mol. The Bertz CT molecular complexity index is 504. The summed E-state index contributed by atoms with van der Waals surface area (Å²) in [7, 11) is 0. The Balaban J connectivity index is 2.73. The second kappa shape index (κ2) is 7.53. The van der Waals surface area contributed by atoms with Crippen molar-refractivity contribution in [1.29, 1.82) is 0 Å². The molecule has 21 heavy (non-hydrogen) atoms. The van der Waals surface area contributed by atoms with Crippen molar-refractivity contribution in [3.05, 3.63) is 27.8 Å². The number of benzene rings is 1. The number of alkyl halides is 2. The van der Waals surface area contributed by atoms with Crippen molar-refractivity contribution >= 4 is 34.7 Å². The standard InChI is InChI=1S/C13H13F2IO5/c1-2-3-10(13(14,15)11(17)18)21-12(19)20-9-6-4-8(16)5-7-9/h4-7,10H,2-3H2,1H3,(H,17,18). The van der Waals surface area contributed by atoms with Crippen LogP contribution in [0, 0.1) is 3.57 Å². The van der Waals surface area contributed by atoms with Gasteiger partial charge in [-0.3, -0.25) is 0 Å². The molecule has 0 heterocycles. The molecule has 1 aromatic rings. The molecule has 1 rings (SSSR count). The van der Waals surface area contributed by atoms with E-state index in [1.54, 1.807) is 19.1 Å². The van der Waals surface area contributed by atoms with Crippen LogP contribution in [-0.2, 0) is 9.53 Å². The number of aliphatic carboxylic acids is 1.